The Morgan fingerprint density at radius 1 is 1.31 bits per heavy atom. The molecule has 0 aromatic heterocycles. The zero-order valence-electron chi connectivity index (χ0n) is 9.65. The van der Waals surface area contributed by atoms with Crippen molar-refractivity contribution in [3.63, 3.8) is 0 Å². The lowest BCUT2D eigenvalue weighted by atomic mass is 10.0. The van der Waals surface area contributed by atoms with Gasteiger partial charge in [0.15, 0.2) is 0 Å². The van der Waals surface area contributed by atoms with Crippen LogP contribution in [0.25, 0.3) is 0 Å². The number of carbonyl (C=O) groups is 1. The molecule has 0 heterocycles. The van der Waals surface area contributed by atoms with Gasteiger partial charge in [-0.15, -0.1) is 0 Å². The molecule has 0 aliphatic rings. The van der Waals surface area contributed by atoms with Crippen molar-refractivity contribution in [3.8, 4) is 0 Å². The summed E-state index contributed by atoms with van der Waals surface area (Å²) in [6, 6.07) is 0. The summed E-state index contributed by atoms with van der Waals surface area (Å²) in [5.41, 5.74) is -0.589. The third-order valence-corrected chi connectivity index (χ3v) is 2.47. The van der Waals surface area contributed by atoms with E-state index >= 15 is 0 Å². The summed E-state index contributed by atoms with van der Waals surface area (Å²) < 4.78 is 48.7. The van der Waals surface area contributed by atoms with Gasteiger partial charge in [0.05, 0.1) is 0 Å². The van der Waals surface area contributed by atoms with E-state index in [2.05, 4.69) is 0 Å². The van der Waals surface area contributed by atoms with Crippen LogP contribution in [0.15, 0.2) is 0 Å². The largest absolute Gasteiger partial charge is 0.383 e. The second-order valence-corrected chi connectivity index (χ2v) is 4.31. The van der Waals surface area contributed by atoms with Gasteiger partial charge in [0.2, 0.25) is 0 Å². The Hall–Kier alpha value is -0.850. The van der Waals surface area contributed by atoms with Crippen LogP contribution in [-0.4, -0.2) is 49.3 Å². The first-order valence-corrected chi connectivity index (χ1v) is 4.63. The Bertz CT molecular complexity index is 254. The van der Waals surface area contributed by atoms with Crippen LogP contribution in [0.1, 0.15) is 13.8 Å². The van der Waals surface area contributed by atoms with Crippen molar-refractivity contribution >= 4 is 5.91 Å². The normalized spacial score (nSPS) is 13.4. The van der Waals surface area contributed by atoms with Crippen LogP contribution in [0.2, 0.25) is 0 Å². The molecule has 0 aliphatic carbocycles. The summed E-state index contributed by atoms with van der Waals surface area (Å²) in [6.07, 6.45) is -3.99. The van der Waals surface area contributed by atoms with E-state index in [1.54, 1.807) is 32.8 Å². The van der Waals surface area contributed by atoms with Crippen molar-refractivity contribution in [1.29, 1.82) is 0 Å². The minimum Gasteiger partial charge on any atom is -0.349 e. The number of halogens is 4. The van der Waals surface area contributed by atoms with Crippen LogP contribution >= 0.6 is 0 Å². The van der Waals surface area contributed by atoms with Crippen molar-refractivity contribution in [2.75, 3.05) is 20.6 Å². The quantitative estimate of drug-likeness (QED) is 0.740. The van der Waals surface area contributed by atoms with Crippen LogP contribution in [0.3, 0.4) is 0 Å². The molecule has 0 aliphatic heterocycles. The van der Waals surface area contributed by atoms with Crippen LogP contribution in [-0.2, 0) is 4.79 Å². The first kappa shape index (κ1) is 15.2. The van der Waals surface area contributed by atoms with Gasteiger partial charge < -0.3 is 10.2 Å². The Morgan fingerprint density at radius 3 is 2.06 bits per heavy atom. The predicted molar refractivity (Wildman–Crippen MR) is 51.7 cm³/mol. The van der Waals surface area contributed by atoms with E-state index in [-0.39, 0.29) is 6.54 Å². The fourth-order valence-corrected chi connectivity index (χ4v) is 0.672. The van der Waals surface area contributed by atoms with Gasteiger partial charge in [-0.05, 0) is 27.9 Å². The molecule has 7 heteroatoms. The van der Waals surface area contributed by atoms with Gasteiger partial charge in [0.25, 0.3) is 5.91 Å². The van der Waals surface area contributed by atoms with Gasteiger partial charge >= 0.3 is 12.3 Å². The van der Waals surface area contributed by atoms with E-state index in [4.69, 9.17) is 0 Å². The van der Waals surface area contributed by atoms with Crippen LogP contribution in [0.4, 0.5) is 17.6 Å². The number of amides is 1. The lowest BCUT2D eigenvalue weighted by Crippen LogP contribution is -2.53. The Kier molecular flexibility index (Phi) is 4.72. The second-order valence-electron chi connectivity index (χ2n) is 4.31. The molecule has 0 aromatic carbocycles. The van der Waals surface area contributed by atoms with E-state index in [9.17, 15) is 22.4 Å². The maximum Gasteiger partial charge on any atom is 0.383 e. The topological polar surface area (TPSA) is 32.3 Å². The highest BCUT2D eigenvalue weighted by Gasteiger charge is 2.49. The Morgan fingerprint density at radius 2 is 1.75 bits per heavy atom. The van der Waals surface area contributed by atoms with Gasteiger partial charge in [0, 0.05) is 12.1 Å². The minimum absolute atomic E-state index is 0.138. The Labute approximate surface area is 91.8 Å². The third kappa shape index (κ3) is 3.62. The number of hydrogen-bond donors (Lipinski definition) is 1. The van der Waals surface area contributed by atoms with Gasteiger partial charge in [-0.2, -0.15) is 8.78 Å². The molecule has 3 nitrogen and oxygen atoms in total. The van der Waals surface area contributed by atoms with Crippen LogP contribution < -0.4 is 5.32 Å². The molecule has 1 amide bonds. The second kappa shape index (κ2) is 4.99. The minimum atomic E-state index is -4.64. The average molecular weight is 244 g/mol. The van der Waals surface area contributed by atoms with E-state index < -0.39 is 23.8 Å². The maximum atomic E-state index is 12.5. The van der Waals surface area contributed by atoms with Crippen molar-refractivity contribution in [1.82, 2.24) is 10.2 Å². The molecule has 0 atom stereocenters. The van der Waals surface area contributed by atoms with Crippen molar-refractivity contribution in [3.05, 3.63) is 0 Å². The zero-order chi connectivity index (χ0) is 13.1. The molecule has 1 N–H and O–H groups in total. The van der Waals surface area contributed by atoms with Crippen molar-refractivity contribution < 1.29 is 22.4 Å². The molecule has 0 unspecified atom stereocenters. The molecule has 0 bridgehead atoms. The lowest BCUT2D eigenvalue weighted by molar-refractivity contribution is -0.169. The molecular weight excluding hydrogens is 228 g/mol. The number of likely N-dealkylation sites (N-methyl/N-ethyl adjacent to an activating group) is 1. The summed E-state index contributed by atoms with van der Waals surface area (Å²) >= 11 is 0. The molecule has 16 heavy (non-hydrogen) atoms. The van der Waals surface area contributed by atoms with E-state index in [1.807, 2.05) is 5.32 Å². The van der Waals surface area contributed by atoms with Crippen molar-refractivity contribution in [2.45, 2.75) is 31.7 Å². The number of hydrogen-bond acceptors (Lipinski definition) is 2. The SMILES string of the molecule is CN(C)C(C)(C)CNC(=O)C(F)(F)C(F)F. The standard InChI is InChI=1S/C9H16F4N2O/c1-8(2,15(3)4)5-14-7(16)9(12,13)6(10)11/h6H,5H2,1-4H3,(H,14,16). The highest BCUT2D eigenvalue weighted by molar-refractivity contribution is 5.83. The molecule has 0 spiro atoms. The first-order chi connectivity index (χ1) is 7.01. The molecular formula is C9H16F4N2O. The molecule has 0 aromatic rings. The first-order valence-electron chi connectivity index (χ1n) is 4.63. The summed E-state index contributed by atoms with van der Waals surface area (Å²) in [7, 11) is 3.38. The maximum absolute atomic E-state index is 12.5. The molecule has 0 fully saturated rings. The molecule has 0 rings (SSSR count). The van der Waals surface area contributed by atoms with Gasteiger partial charge in [-0.25, -0.2) is 8.78 Å². The highest BCUT2D eigenvalue weighted by Crippen LogP contribution is 2.23. The number of nitrogens with one attached hydrogen (secondary N) is 1. The molecule has 96 valence electrons. The average Bonchev–Trinajstić information content (AvgIpc) is 2.13. The summed E-state index contributed by atoms with van der Waals surface area (Å²) in [4.78, 5) is 12.5. The van der Waals surface area contributed by atoms with Gasteiger partial charge in [-0.1, -0.05) is 0 Å². The van der Waals surface area contributed by atoms with Crippen molar-refractivity contribution in [2.24, 2.45) is 0 Å². The van der Waals surface area contributed by atoms with E-state index in [0.717, 1.165) is 0 Å². The van der Waals surface area contributed by atoms with Crippen LogP contribution in [0.5, 0.6) is 0 Å². The molecule has 0 saturated heterocycles. The number of alkyl halides is 4. The Balaban J connectivity index is 4.39. The predicted octanol–water partition coefficient (Wildman–Crippen LogP) is 1.34. The number of nitrogens with zero attached hydrogens (tertiary/aromatic N) is 1. The van der Waals surface area contributed by atoms with Crippen LogP contribution in [0, 0.1) is 0 Å². The van der Waals surface area contributed by atoms with E-state index in [1.165, 1.54) is 0 Å². The van der Waals surface area contributed by atoms with Gasteiger partial charge in [0.1, 0.15) is 0 Å². The number of rotatable bonds is 5. The summed E-state index contributed by atoms with van der Waals surface area (Å²) in [5, 5.41) is 1.82. The monoisotopic (exact) mass is 244 g/mol. The zero-order valence-corrected chi connectivity index (χ0v) is 9.65. The molecule has 0 saturated carbocycles. The smallest absolute Gasteiger partial charge is 0.349 e. The summed E-state index contributed by atoms with van der Waals surface area (Å²) in [6.45, 7) is 3.24. The fourth-order valence-electron chi connectivity index (χ4n) is 0.672. The number of carbonyl (C=O) groups excluding carboxylic acids is 1. The van der Waals surface area contributed by atoms with Gasteiger partial charge in [-0.3, -0.25) is 4.79 Å². The highest BCUT2D eigenvalue weighted by atomic mass is 19.3. The lowest BCUT2D eigenvalue weighted by Gasteiger charge is -2.33. The summed E-state index contributed by atoms with van der Waals surface area (Å²) in [5.74, 6) is -6.58. The van der Waals surface area contributed by atoms with E-state index in [0.29, 0.717) is 0 Å². The third-order valence-electron chi connectivity index (χ3n) is 2.47. The molecule has 0 radical (unpaired) electrons. The fraction of sp³-hybridized carbons (Fsp3) is 0.889.